The highest BCUT2D eigenvalue weighted by molar-refractivity contribution is 7.99. The Morgan fingerprint density at radius 3 is 2.40 bits per heavy atom. The first-order chi connectivity index (χ1) is 7.13. The molecule has 0 spiro atoms. The van der Waals surface area contributed by atoms with Crippen LogP contribution in [0.25, 0.3) is 0 Å². The van der Waals surface area contributed by atoms with Crippen molar-refractivity contribution in [2.24, 2.45) is 0 Å². The average molecular weight is 223 g/mol. The van der Waals surface area contributed by atoms with Gasteiger partial charge in [0.25, 0.3) is 0 Å². The van der Waals surface area contributed by atoms with E-state index in [1.165, 1.54) is 4.90 Å². The van der Waals surface area contributed by atoms with Crippen LogP contribution in [0.5, 0.6) is 0 Å². The lowest BCUT2D eigenvalue weighted by Gasteiger charge is -2.05. The van der Waals surface area contributed by atoms with E-state index in [1.807, 2.05) is 24.3 Å². The molecule has 0 amide bonds. The minimum absolute atomic E-state index is 0.138. The highest BCUT2D eigenvalue weighted by Crippen LogP contribution is 2.22. The summed E-state index contributed by atoms with van der Waals surface area (Å²) in [6, 6.07) is 7.80. The first-order valence-electron chi connectivity index (χ1n) is 5.08. The molecular weight excluding hydrogens is 206 g/mol. The Morgan fingerprint density at radius 1 is 1.33 bits per heavy atom. The Bertz CT molecular complexity index is 319. The molecule has 0 aliphatic heterocycles. The molecule has 1 rings (SSSR count). The van der Waals surface area contributed by atoms with Crippen molar-refractivity contribution in [3.8, 4) is 0 Å². The molecule has 1 aromatic carbocycles. The summed E-state index contributed by atoms with van der Waals surface area (Å²) in [5.41, 5.74) is 0.775. The van der Waals surface area contributed by atoms with Crippen molar-refractivity contribution in [1.29, 1.82) is 0 Å². The van der Waals surface area contributed by atoms with Gasteiger partial charge >= 0.3 is 0 Å². The molecule has 0 heterocycles. The zero-order valence-electron chi connectivity index (χ0n) is 9.41. The van der Waals surface area contributed by atoms with Crippen LogP contribution < -0.4 is 5.32 Å². The van der Waals surface area contributed by atoms with Crippen molar-refractivity contribution in [2.75, 3.05) is 13.6 Å². The van der Waals surface area contributed by atoms with E-state index in [4.69, 9.17) is 0 Å². The molecule has 0 aliphatic carbocycles. The maximum atomic E-state index is 11.5. The third kappa shape index (κ3) is 4.06. The minimum atomic E-state index is 0.138. The van der Waals surface area contributed by atoms with Gasteiger partial charge in [0.15, 0.2) is 5.78 Å². The molecule has 0 atom stereocenters. The number of carbonyl (C=O) groups excluding carboxylic acids is 1. The number of hydrogen-bond acceptors (Lipinski definition) is 3. The highest BCUT2D eigenvalue weighted by atomic mass is 32.2. The highest BCUT2D eigenvalue weighted by Gasteiger charge is 2.04. The topological polar surface area (TPSA) is 29.1 Å². The second kappa shape index (κ2) is 5.93. The van der Waals surface area contributed by atoms with Gasteiger partial charge < -0.3 is 5.32 Å². The molecule has 0 saturated heterocycles. The molecule has 2 nitrogen and oxygen atoms in total. The SMILES string of the molecule is CNCC(=O)c1ccc(SC(C)C)cc1. The molecule has 1 N–H and O–H groups in total. The summed E-state index contributed by atoms with van der Waals surface area (Å²) in [6.07, 6.45) is 0. The van der Waals surface area contributed by atoms with E-state index in [-0.39, 0.29) is 5.78 Å². The van der Waals surface area contributed by atoms with Crippen LogP contribution in [0.15, 0.2) is 29.2 Å². The lowest BCUT2D eigenvalue weighted by atomic mass is 10.1. The summed E-state index contributed by atoms with van der Waals surface area (Å²) in [5.74, 6) is 0.138. The zero-order valence-corrected chi connectivity index (χ0v) is 10.2. The number of Topliss-reactive ketones (excluding diaryl/α,β-unsaturated/α-hetero) is 1. The largest absolute Gasteiger partial charge is 0.313 e. The van der Waals surface area contributed by atoms with Crippen molar-refractivity contribution in [1.82, 2.24) is 5.32 Å². The number of benzene rings is 1. The van der Waals surface area contributed by atoms with E-state index in [1.54, 1.807) is 18.8 Å². The van der Waals surface area contributed by atoms with Gasteiger partial charge in [-0.25, -0.2) is 0 Å². The fourth-order valence-electron chi connectivity index (χ4n) is 1.25. The third-order valence-electron chi connectivity index (χ3n) is 1.89. The number of likely N-dealkylation sites (N-methyl/N-ethyl adjacent to an activating group) is 1. The summed E-state index contributed by atoms with van der Waals surface area (Å²) in [7, 11) is 1.78. The van der Waals surface area contributed by atoms with Crippen LogP contribution >= 0.6 is 11.8 Å². The van der Waals surface area contributed by atoms with Gasteiger partial charge in [0, 0.05) is 15.7 Å². The fraction of sp³-hybridized carbons (Fsp3) is 0.417. The smallest absolute Gasteiger partial charge is 0.176 e. The number of ketones is 1. The molecule has 0 saturated carbocycles. The van der Waals surface area contributed by atoms with Gasteiger partial charge in [-0.3, -0.25) is 4.79 Å². The average Bonchev–Trinajstić information content (AvgIpc) is 2.18. The lowest BCUT2D eigenvalue weighted by Crippen LogP contribution is -2.18. The molecule has 0 fully saturated rings. The van der Waals surface area contributed by atoms with Crippen LogP contribution in [-0.4, -0.2) is 24.6 Å². The Morgan fingerprint density at radius 2 is 1.93 bits per heavy atom. The fourth-order valence-corrected chi connectivity index (χ4v) is 2.09. The summed E-state index contributed by atoms with van der Waals surface area (Å²) in [4.78, 5) is 12.7. The first-order valence-corrected chi connectivity index (χ1v) is 5.96. The maximum Gasteiger partial charge on any atom is 0.176 e. The van der Waals surface area contributed by atoms with Crippen molar-refractivity contribution >= 4 is 17.5 Å². The number of rotatable bonds is 5. The molecule has 0 unspecified atom stereocenters. The van der Waals surface area contributed by atoms with E-state index >= 15 is 0 Å². The Kier molecular flexibility index (Phi) is 4.85. The summed E-state index contributed by atoms with van der Waals surface area (Å²) >= 11 is 1.81. The zero-order chi connectivity index (χ0) is 11.3. The summed E-state index contributed by atoms with van der Waals surface area (Å²) < 4.78 is 0. The van der Waals surface area contributed by atoms with Crippen molar-refractivity contribution < 1.29 is 4.79 Å². The van der Waals surface area contributed by atoms with Crippen LogP contribution in [-0.2, 0) is 0 Å². The van der Waals surface area contributed by atoms with Crippen LogP contribution in [0, 0.1) is 0 Å². The van der Waals surface area contributed by atoms with Gasteiger partial charge in [-0.05, 0) is 19.2 Å². The van der Waals surface area contributed by atoms with Crippen LogP contribution in [0.2, 0.25) is 0 Å². The molecule has 0 radical (unpaired) electrons. The molecule has 0 bridgehead atoms. The van der Waals surface area contributed by atoms with Gasteiger partial charge in [0.1, 0.15) is 0 Å². The predicted molar refractivity (Wildman–Crippen MR) is 65.7 cm³/mol. The number of carbonyl (C=O) groups is 1. The molecule has 82 valence electrons. The molecule has 15 heavy (non-hydrogen) atoms. The first kappa shape index (κ1) is 12.3. The van der Waals surface area contributed by atoms with Gasteiger partial charge in [-0.1, -0.05) is 26.0 Å². The van der Waals surface area contributed by atoms with Gasteiger partial charge in [-0.2, -0.15) is 0 Å². The Labute approximate surface area is 95.5 Å². The normalized spacial score (nSPS) is 10.7. The second-order valence-electron chi connectivity index (χ2n) is 3.64. The lowest BCUT2D eigenvalue weighted by molar-refractivity contribution is 0.0993. The third-order valence-corrected chi connectivity index (χ3v) is 2.90. The Hall–Kier alpha value is -0.800. The van der Waals surface area contributed by atoms with E-state index in [2.05, 4.69) is 19.2 Å². The quantitative estimate of drug-likeness (QED) is 0.614. The molecular formula is C12H17NOS. The monoisotopic (exact) mass is 223 g/mol. The van der Waals surface area contributed by atoms with Gasteiger partial charge in [-0.15, -0.1) is 11.8 Å². The second-order valence-corrected chi connectivity index (χ2v) is 5.29. The van der Waals surface area contributed by atoms with Gasteiger partial charge in [0.05, 0.1) is 6.54 Å². The number of thioether (sulfide) groups is 1. The van der Waals surface area contributed by atoms with E-state index < -0.39 is 0 Å². The molecule has 1 aromatic rings. The minimum Gasteiger partial charge on any atom is -0.313 e. The van der Waals surface area contributed by atoms with Gasteiger partial charge in [0.2, 0.25) is 0 Å². The van der Waals surface area contributed by atoms with Crippen molar-refractivity contribution in [3.63, 3.8) is 0 Å². The van der Waals surface area contributed by atoms with Crippen LogP contribution in [0.4, 0.5) is 0 Å². The number of nitrogens with one attached hydrogen (secondary N) is 1. The maximum absolute atomic E-state index is 11.5. The van der Waals surface area contributed by atoms with Crippen LogP contribution in [0.3, 0.4) is 0 Å². The number of hydrogen-bond donors (Lipinski definition) is 1. The summed E-state index contributed by atoms with van der Waals surface area (Å²) in [5, 5.41) is 3.43. The van der Waals surface area contributed by atoms with Crippen molar-refractivity contribution in [2.45, 2.75) is 24.0 Å². The van der Waals surface area contributed by atoms with E-state index in [9.17, 15) is 4.79 Å². The predicted octanol–water partition coefficient (Wildman–Crippen LogP) is 2.59. The standard InChI is InChI=1S/C12H17NOS/c1-9(2)15-11-6-4-10(5-7-11)12(14)8-13-3/h4-7,9,13H,8H2,1-3H3. The van der Waals surface area contributed by atoms with Crippen LogP contribution in [0.1, 0.15) is 24.2 Å². The molecule has 0 aromatic heterocycles. The molecule has 0 aliphatic rings. The van der Waals surface area contributed by atoms with E-state index in [0.29, 0.717) is 11.8 Å². The Balaban J connectivity index is 2.67. The van der Waals surface area contributed by atoms with E-state index in [0.717, 1.165) is 5.56 Å². The van der Waals surface area contributed by atoms with Crippen molar-refractivity contribution in [3.05, 3.63) is 29.8 Å². The molecule has 3 heteroatoms. The summed E-state index contributed by atoms with van der Waals surface area (Å²) in [6.45, 7) is 4.71.